The number of nitrogens with zero attached hydrogens (tertiary/aromatic N) is 2. The van der Waals surface area contributed by atoms with Crippen molar-refractivity contribution in [2.24, 2.45) is 0 Å². The quantitative estimate of drug-likeness (QED) is 0.600. The van der Waals surface area contributed by atoms with E-state index in [2.05, 4.69) is 52.0 Å². The van der Waals surface area contributed by atoms with E-state index >= 15 is 0 Å². The van der Waals surface area contributed by atoms with Gasteiger partial charge in [0.15, 0.2) is 0 Å². The summed E-state index contributed by atoms with van der Waals surface area (Å²) in [6, 6.07) is 16.8. The molecule has 1 aromatic heterocycles. The molecule has 2 aromatic carbocycles. The summed E-state index contributed by atoms with van der Waals surface area (Å²) >= 11 is 8.26. The van der Waals surface area contributed by atoms with Crippen molar-refractivity contribution in [3.8, 4) is 0 Å². The third-order valence-electron chi connectivity index (χ3n) is 3.53. The maximum Gasteiger partial charge on any atom is 0.105 e. The van der Waals surface area contributed by atoms with Crippen molar-refractivity contribution < 1.29 is 0 Å². The second-order valence-corrected chi connectivity index (χ2v) is 6.59. The second kappa shape index (κ2) is 7.03. The van der Waals surface area contributed by atoms with Crippen LogP contribution in [0, 0.1) is 6.92 Å². The maximum absolute atomic E-state index is 6.44. The van der Waals surface area contributed by atoms with Crippen molar-refractivity contribution in [2.75, 3.05) is 0 Å². The maximum atomic E-state index is 6.44. The highest BCUT2D eigenvalue weighted by Crippen LogP contribution is 2.26. The minimum Gasteiger partial charge on any atom is -0.331 e. The molecule has 0 radical (unpaired) electrons. The lowest BCUT2D eigenvalue weighted by molar-refractivity contribution is 0.761. The van der Waals surface area contributed by atoms with E-state index in [1.54, 1.807) is 0 Å². The van der Waals surface area contributed by atoms with Gasteiger partial charge in [-0.3, -0.25) is 0 Å². The average Bonchev–Trinajstić information content (AvgIpc) is 2.94. The number of aromatic nitrogens is 2. The van der Waals surface area contributed by atoms with Gasteiger partial charge in [-0.2, -0.15) is 0 Å². The summed E-state index contributed by atoms with van der Waals surface area (Å²) in [7, 11) is 0. The van der Waals surface area contributed by atoms with E-state index in [4.69, 9.17) is 11.6 Å². The minimum absolute atomic E-state index is 0.761. The third-order valence-corrected chi connectivity index (χ3v) is 4.97. The predicted octanol–water partition coefficient (Wildman–Crippen LogP) is 5.19. The standard InChI is InChI=1S/C18H17ClN2S/c1-14-20-9-10-21(14)12-16-8-7-15(11-18(16)19)13-22-17-5-3-2-4-6-17/h2-11H,12-13H2,1H3. The molecule has 0 amide bonds. The topological polar surface area (TPSA) is 17.8 Å². The molecule has 3 aromatic rings. The largest absolute Gasteiger partial charge is 0.331 e. The van der Waals surface area contributed by atoms with Gasteiger partial charge >= 0.3 is 0 Å². The number of hydrogen-bond acceptors (Lipinski definition) is 2. The molecule has 0 unspecified atom stereocenters. The van der Waals surface area contributed by atoms with Gasteiger partial charge in [0, 0.05) is 28.1 Å². The van der Waals surface area contributed by atoms with Crippen molar-refractivity contribution in [2.45, 2.75) is 24.1 Å². The Balaban J connectivity index is 1.68. The monoisotopic (exact) mass is 328 g/mol. The average molecular weight is 329 g/mol. The van der Waals surface area contributed by atoms with E-state index in [0.717, 1.165) is 28.7 Å². The lowest BCUT2D eigenvalue weighted by atomic mass is 10.1. The highest BCUT2D eigenvalue weighted by molar-refractivity contribution is 7.98. The Morgan fingerprint density at radius 2 is 1.95 bits per heavy atom. The summed E-state index contributed by atoms with van der Waals surface area (Å²) in [5.41, 5.74) is 2.36. The summed E-state index contributed by atoms with van der Waals surface area (Å²) in [5.74, 6) is 1.92. The Morgan fingerprint density at radius 1 is 1.14 bits per heavy atom. The Labute approximate surface area is 140 Å². The Kier molecular flexibility index (Phi) is 4.86. The number of benzene rings is 2. The van der Waals surface area contributed by atoms with Crippen molar-refractivity contribution in [1.82, 2.24) is 9.55 Å². The van der Waals surface area contributed by atoms with E-state index in [-0.39, 0.29) is 0 Å². The summed E-state index contributed by atoms with van der Waals surface area (Å²) < 4.78 is 2.10. The highest BCUT2D eigenvalue weighted by Gasteiger charge is 2.05. The first-order valence-electron chi connectivity index (χ1n) is 7.15. The molecule has 0 aliphatic rings. The van der Waals surface area contributed by atoms with E-state index in [0.29, 0.717) is 0 Å². The first kappa shape index (κ1) is 15.2. The number of imidazole rings is 1. The minimum atomic E-state index is 0.761. The van der Waals surface area contributed by atoms with Gasteiger partial charge in [-0.25, -0.2) is 4.98 Å². The van der Waals surface area contributed by atoms with Crippen LogP contribution in [0.3, 0.4) is 0 Å². The summed E-state index contributed by atoms with van der Waals surface area (Å²) in [6.45, 7) is 2.76. The van der Waals surface area contributed by atoms with Crippen molar-refractivity contribution in [3.63, 3.8) is 0 Å². The van der Waals surface area contributed by atoms with Crippen molar-refractivity contribution >= 4 is 23.4 Å². The van der Waals surface area contributed by atoms with Gasteiger partial charge in [0.1, 0.15) is 5.82 Å². The SMILES string of the molecule is Cc1nccn1Cc1ccc(CSc2ccccc2)cc1Cl. The summed E-state index contributed by atoms with van der Waals surface area (Å²) in [4.78, 5) is 5.51. The molecule has 0 atom stereocenters. The lowest BCUT2D eigenvalue weighted by Crippen LogP contribution is -2.01. The predicted molar refractivity (Wildman–Crippen MR) is 93.5 cm³/mol. The number of halogens is 1. The molecule has 112 valence electrons. The first-order chi connectivity index (χ1) is 10.7. The van der Waals surface area contributed by atoms with Crippen molar-refractivity contribution in [3.05, 3.63) is 82.9 Å². The van der Waals surface area contributed by atoms with Gasteiger partial charge < -0.3 is 4.57 Å². The fourth-order valence-corrected chi connectivity index (χ4v) is 3.37. The van der Waals surface area contributed by atoms with Gasteiger partial charge in [0.25, 0.3) is 0 Å². The van der Waals surface area contributed by atoms with E-state index in [1.807, 2.05) is 37.1 Å². The van der Waals surface area contributed by atoms with Gasteiger partial charge in [0.2, 0.25) is 0 Å². The molecule has 0 N–H and O–H groups in total. The Hall–Kier alpha value is -1.71. The number of hydrogen-bond donors (Lipinski definition) is 0. The summed E-state index contributed by atoms with van der Waals surface area (Å²) in [5, 5.41) is 0.819. The van der Waals surface area contributed by atoms with Crippen molar-refractivity contribution in [1.29, 1.82) is 0 Å². The van der Waals surface area contributed by atoms with Crippen LogP contribution in [0.15, 0.2) is 65.8 Å². The molecule has 2 nitrogen and oxygen atoms in total. The van der Waals surface area contributed by atoms with Crippen LogP contribution in [0.5, 0.6) is 0 Å². The lowest BCUT2D eigenvalue weighted by Gasteiger charge is -2.09. The number of aryl methyl sites for hydroxylation is 1. The van der Waals surface area contributed by atoms with Crippen LogP contribution >= 0.6 is 23.4 Å². The number of thioether (sulfide) groups is 1. The normalized spacial score (nSPS) is 10.8. The molecule has 1 heterocycles. The van der Waals surface area contributed by atoms with Crippen LogP contribution in [0.4, 0.5) is 0 Å². The van der Waals surface area contributed by atoms with Crippen LogP contribution in [0.1, 0.15) is 17.0 Å². The highest BCUT2D eigenvalue weighted by atomic mass is 35.5. The summed E-state index contributed by atoms with van der Waals surface area (Å²) in [6.07, 6.45) is 3.79. The van der Waals surface area contributed by atoms with Crippen LogP contribution in [-0.4, -0.2) is 9.55 Å². The molecule has 0 fully saturated rings. The Bertz CT molecular complexity index is 753. The molecular weight excluding hydrogens is 312 g/mol. The van der Waals surface area contributed by atoms with Crippen LogP contribution < -0.4 is 0 Å². The van der Waals surface area contributed by atoms with Gasteiger partial charge in [-0.05, 0) is 36.2 Å². The Morgan fingerprint density at radius 3 is 2.64 bits per heavy atom. The third kappa shape index (κ3) is 3.73. The zero-order chi connectivity index (χ0) is 15.4. The molecule has 22 heavy (non-hydrogen) atoms. The first-order valence-corrected chi connectivity index (χ1v) is 8.51. The molecule has 0 bridgehead atoms. The van der Waals surface area contributed by atoms with Crippen LogP contribution in [-0.2, 0) is 12.3 Å². The van der Waals surface area contributed by atoms with Crippen LogP contribution in [0.2, 0.25) is 5.02 Å². The molecule has 0 aliphatic carbocycles. The van der Waals surface area contributed by atoms with Crippen LogP contribution in [0.25, 0.3) is 0 Å². The smallest absolute Gasteiger partial charge is 0.105 e. The van der Waals surface area contributed by atoms with E-state index < -0.39 is 0 Å². The zero-order valence-electron chi connectivity index (χ0n) is 12.4. The fraction of sp³-hybridized carbons (Fsp3) is 0.167. The van der Waals surface area contributed by atoms with Gasteiger partial charge in [-0.15, -0.1) is 11.8 Å². The molecule has 0 saturated heterocycles. The second-order valence-electron chi connectivity index (χ2n) is 5.13. The number of rotatable bonds is 5. The molecule has 0 aliphatic heterocycles. The van der Waals surface area contributed by atoms with E-state index in [9.17, 15) is 0 Å². The zero-order valence-corrected chi connectivity index (χ0v) is 13.9. The molecule has 0 saturated carbocycles. The molecule has 4 heteroatoms. The fourth-order valence-electron chi connectivity index (χ4n) is 2.25. The molecular formula is C18H17ClN2S. The van der Waals surface area contributed by atoms with E-state index in [1.165, 1.54) is 10.5 Å². The molecule has 3 rings (SSSR count). The molecule has 0 spiro atoms. The van der Waals surface area contributed by atoms with Gasteiger partial charge in [0.05, 0.1) is 6.54 Å². The van der Waals surface area contributed by atoms with Gasteiger partial charge in [-0.1, -0.05) is 41.9 Å².